The van der Waals surface area contributed by atoms with E-state index >= 15 is 0 Å². The van der Waals surface area contributed by atoms with Crippen molar-refractivity contribution in [1.29, 1.82) is 0 Å². The van der Waals surface area contributed by atoms with Crippen LogP contribution in [0.2, 0.25) is 0 Å². The molecular formula is C34H20N2O. The van der Waals surface area contributed by atoms with Gasteiger partial charge in [-0.1, -0.05) is 103 Å². The van der Waals surface area contributed by atoms with Crippen molar-refractivity contribution in [1.82, 2.24) is 9.97 Å². The lowest BCUT2D eigenvalue weighted by atomic mass is 9.94. The Morgan fingerprint density at radius 1 is 0.459 bits per heavy atom. The van der Waals surface area contributed by atoms with Crippen LogP contribution in [0.4, 0.5) is 0 Å². The zero-order valence-electron chi connectivity index (χ0n) is 19.8. The maximum atomic E-state index is 6.25. The Morgan fingerprint density at radius 2 is 1.22 bits per heavy atom. The molecule has 8 aromatic rings. The predicted octanol–water partition coefficient (Wildman–Crippen LogP) is 9.17. The summed E-state index contributed by atoms with van der Waals surface area (Å²) in [6, 6.07) is 41.8. The molecule has 37 heavy (non-hydrogen) atoms. The van der Waals surface area contributed by atoms with Crippen LogP contribution in [0.5, 0.6) is 0 Å². The minimum absolute atomic E-state index is 0.873. The molecule has 8 rings (SSSR count). The number of furan rings is 1. The first-order chi connectivity index (χ1) is 18.3. The number of benzene rings is 6. The van der Waals surface area contributed by atoms with E-state index in [9.17, 15) is 0 Å². The van der Waals surface area contributed by atoms with Crippen LogP contribution in [0.3, 0.4) is 0 Å². The van der Waals surface area contributed by atoms with Crippen molar-refractivity contribution < 1.29 is 4.42 Å². The van der Waals surface area contributed by atoms with Gasteiger partial charge in [0.25, 0.3) is 0 Å². The second kappa shape index (κ2) is 7.74. The maximum absolute atomic E-state index is 6.25. The van der Waals surface area contributed by atoms with Crippen molar-refractivity contribution in [3.63, 3.8) is 0 Å². The molecule has 172 valence electrons. The normalized spacial score (nSPS) is 11.8. The van der Waals surface area contributed by atoms with Crippen molar-refractivity contribution in [2.24, 2.45) is 0 Å². The highest BCUT2D eigenvalue weighted by Gasteiger charge is 2.19. The summed E-state index contributed by atoms with van der Waals surface area (Å²) in [5.41, 5.74) is 7.41. The third-order valence-electron chi connectivity index (χ3n) is 7.25. The second-order valence-electron chi connectivity index (χ2n) is 9.38. The van der Waals surface area contributed by atoms with Gasteiger partial charge in [-0.2, -0.15) is 0 Å². The largest absolute Gasteiger partial charge is 0.456 e. The Balaban J connectivity index is 1.55. The van der Waals surface area contributed by atoms with E-state index in [1.807, 2.05) is 18.2 Å². The molecule has 0 amide bonds. The van der Waals surface area contributed by atoms with Crippen LogP contribution in [0, 0.1) is 0 Å². The van der Waals surface area contributed by atoms with Crippen LogP contribution in [0.15, 0.2) is 126 Å². The minimum Gasteiger partial charge on any atom is -0.456 e. The first kappa shape index (κ1) is 20.2. The maximum Gasteiger partial charge on any atom is 0.136 e. The topological polar surface area (TPSA) is 38.9 Å². The van der Waals surface area contributed by atoms with Gasteiger partial charge in [0, 0.05) is 32.7 Å². The molecule has 0 saturated carbocycles. The van der Waals surface area contributed by atoms with Crippen LogP contribution in [-0.4, -0.2) is 9.97 Å². The molecular weight excluding hydrogens is 452 g/mol. The molecule has 0 aliphatic carbocycles. The van der Waals surface area contributed by atoms with Gasteiger partial charge in [-0.15, -0.1) is 0 Å². The van der Waals surface area contributed by atoms with E-state index in [0.29, 0.717) is 0 Å². The van der Waals surface area contributed by atoms with E-state index in [1.54, 1.807) is 0 Å². The van der Waals surface area contributed by atoms with Gasteiger partial charge in [-0.05, 0) is 29.0 Å². The van der Waals surface area contributed by atoms with E-state index in [1.165, 1.54) is 0 Å². The molecule has 0 atom stereocenters. The van der Waals surface area contributed by atoms with Crippen LogP contribution in [0.25, 0.3) is 77.0 Å². The van der Waals surface area contributed by atoms with E-state index in [-0.39, 0.29) is 0 Å². The number of para-hydroxylation sites is 1. The molecule has 2 heterocycles. The van der Waals surface area contributed by atoms with Gasteiger partial charge in [-0.25, -0.2) is 9.97 Å². The number of aromatic nitrogens is 2. The van der Waals surface area contributed by atoms with Crippen LogP contribution >= 0.6 is 0 Å². The van der Waals surface area contributed by atoms with Crippen molar-refractivity contribution >= 4 is 54.5 Å². The van der Waals surface area contributed by atoms with E-state index < -0.39 is 0 Å². The molecule has 0 fully saturated rings. The highest BCUT2D eigenvalue weighted by Crippen LogP contribution is 2.42. The number of fused-ring (bicyclic) bond motifs is 8. The molecule has 0 unspecified atom stereocenters. The predicted molar refractivity (Wildman–Crippen MR) is 153 cm³/mol. The molecule has 3 nitrogen and oxygen atoms in total. The smallest absolute Gasteiger partial charge is 0.136 e. The molecule has 6 aromatic carbocycles. The van der Waals surface area contributed by atoms with Crippen molar-refractivity contribution in [2.45, 2.75) is 0 Å². The Morgan fingerprint density at radius 3 is 2.14 bits per heavy atom. The molecule has 0 N–H and O–H groups in total. The SMILES string of the molecule is c1ccc(-c2nc3c(ccc4ccccc43)nc2-c2cccc3ccc4oc5ccccc5c4c23)cc1. The Hall–Kier alpha value is -5.02. The lowest BCUT2D eigenvalue weighted by molar-refractivity contribution is 0.669. The molecule has 0 aliphatic heterocycles. The number of hydrogen-bond donors (Lipinski definition) is 0. The lowest BCUT2D eigenvalue weighted by Gasteiger charge is -2.14. The summed E-state index contributed by atoms with van der Waals surface area (Å²) in [4.78, 5) is 10.6. The molecule has 0 spiro atoms. The standard InChI is InChI=1S/C34H20N2O/c1-2-10-23(11-3-1)32-34(35-27-19-17-21-9-4-5-13-24(21)33(27)36-32)26-15-8-12-22-18-20-29-31(30(22)26)25-14-6-7-16-28(25)37-29/h1-20H. The summed E-state index contributed by atoms with van der Waals surface area (Å²) in [6.07, 6.45) is 0. The van der Waals surface area contributed by atoms with Crippen LogP contribution in [-0.2, 0) is 0 Å². The number of nitrogens with zero attached hydrogens (tertiary/aromatic N) is 2. The molecule has 2 aromatic heterocycles. The summed E-state index contributed by atoms with van der Waals surface area (Å²) in [5.74, 6) is 0. The Bertz CT molecular complexity index is 2140. The third-order valence-corrected chi connectivity index (χ3v) is 7.25. The summed E-state index contributed by atoms with van der Waals surface area (Å²) < 4.78 is 6.25. The number of rotatable bonds is 2. The second-order valence-corrected chi connectivity index (χ2v) is 9.38. The fourth-order valence-corrected chi connectivity index (χ4v) is 5.57. The fraction of sp³-hybridized carbons (Fsp3) is 0. The minimum atomic E-state index is 0.873. The summed E-state index contributed by atoms with van der Waals surface area (Å²) in [7, 11) is 0. The van der Waals surface area contributed by atoms with E-state index in [4.69, 9.17) is 14.4 Å². The first-order valence-corrected chi connectivity index (χ1v) is 12.4. The molecule has 0 radical (unpaired) electrons. The van der Waals surface area contributed by atoms with Crippen LogP contribution in [0.1, 0.15) is 0 Å². The lowest BCUT2D eigenvalue weighted by Crippen LogP contribution is -1.97. The average Bonchev–Trinajstić information content (AvgIpc) is 3.35. The van der Waals surface area contributed by atoms with E-state index in [2.05, 4.69) is 103 Å². The van der Waals surface area contributed by atoms with Gasteiger partial charge in [0.05, 0.1) is 22.4 Å². The zero-order chi connectivity index (χ0) is 24.3. The monoisotopic (exact) mass is 472 g/mol. The Labute approximate surface area is 212 Å². The number of hydrogen-bond acceptors (Lipinski definition) is 3. The van der Waals surface area contributed by atoms with Gasteiger partial charge >= 0.3 is 0 Å². The van der Waals surface area contributed by atoms with Crippen molar-refractivity contribution in [2.75, 3.05) is 0 Å². The fourth-order valence-electron chi connectivity index (χ4n) is 5.57. The molecule has 0 saturated heterocycles. The van der Waals surface area contributed by atoms with Crippen molar-refractivity contribution in [3.05, 3.63) is 121 Å². The summed E-state index contributed by atoms with van der Waals surface area (Å²) in [5, 5.41) is 6.78. The van der Waals surface area contributed by atoms with Crippen molar-refractivity contribution in [3.8, 4) is 22.5 Å². The summed E-state index contributed by atoms with van der Waals surface area (Å²) >= 11 is 0. The molecule has 0 aliphatic rings. The van der Waals surface area contributed by atoms with E-state index in [0.717, 1.165) is 77.0 Å². The van der Waals surface area contributed by atoms with Gasteiger partial charge < -0.3 is 4.42 Å². The summed E-state index contributed by atoms with van der Waals surface area (Å²) in [6.45, 7) is 0. The van der Waals surface area contributed by atoms with Gasteiger partial charge in [0.2, 0.25) is 0 Å². The molecule has 3 heteroatoms. The average molecular weight is 473 g/mol. The highest BCUT2D eigenvalue weighted by molar-refractivity contribution is 6.23. The van der Waals surface area contributed by atoms with Gasteiger partial charge in [-0.3, -0.25) is 0 Å². The first-order valence-electron chi connectivity index (χ1n) is 12.4. The quantitative estimate of drug-likeness (QED) is 0.235. The Kier molecular flexibility index (Phi) is 4.23. The molecule has 0 bridgehead atoms. The van der Waals surface area contributed by atoms with Gasteiger partial charge in [0.1, 0.15) is 11.2 Å². The third kappa shape index (κ3) is 3.01. The van der Waals surface area contributed by atoms with Crippen LogP contribution < -0.4 is 0 Å². The highest BCUT2D eigenvalue weighted by atomic mass is 16.3. The zero-order valence-corrected chi connectivity index (χ0v) is 19.8. The van der Waals surface area contributed by atoms with Gasteiger partial charge in [0.15, 0.2) is 0 Å².